The van der Waals surface area contributed by atoms with Gasteiger partial charge in [0.25, 0.3) is 0 Å². The minimum Gasteiger partial charge on any atom is -0.539 e. The van der Waals surface area contributed by atoms with Crippen molar-refractivity contribution in [3.05, 3.63) is 29.8 Å². The number of rotatable bonds is 3. The number of carbonyl (C=O) groups excluding carboxylic acids is 2. The van der Waals surface area contributed by atoms with Crippen LogP contribution in [0.4, 0.5) is 5.69 Å². The van der Waals surface area contributed by atoms with Gasteiger partial charge in [0, 0.05) is 24.8 Å². The van der Waals surface area contributed by atoms with Crippen molar-refractivity contribution in [2.75, 3.05) is 44.2 Å². The SMILES string of the molecule is CC[NH+]1CCN(CC(=O)N2c3ccccc3CC2C)CC1.O=C([O-])C(=O)O. The van der Waals surface area contributed by atoms with E-state index in [9.17, 15) is 4.79 Å². The third-order valence-corrected chi connectivity index (χ3v) is 5.07. The lowest BCUT2D eigenvalue weighted by Crippen LogP contribution is -3.14. The molecule has 2 N–H and O–H groups in total. The zero-order valence-corrected chi connectivity index (χ0v) is 15.8. The van der Waals surface area contributed by atoms with E-state index in [1.54, 1.807) is 4.90 Å². The number of benzene rings is 1. The van der Waals surface area contributed by atoms with E-state index in [4.69, 9.17) is 19.8 Å². The van der Waals surface area contributed by atoms with Crippen LogP contribution in [0.25, 0.3) is 0 Å². The maximum absolute atomic E-state index is 12.7. The van der Waals surface area contributed by atoms with Gasteiger partial charge in [-0.15, -0.1) is 0 Å². The van der Waals surface area contributed by atoms with Gasteiger partial charge in [0.05, 0.1) is 26.2 Å². The Morgan fingerprint density at radius 2 is 1.81 bits per heavy atom. The Bertz CT molecular complexity index is 674. The van der Waals surface area contributed by atoms with Gasteiger partial charge in [-0.05, 0) is 31.9 Å². The summed E-state index contributed by atoms with van der Waals surface area (Å²) in [5.74, 6) is -3.75. The van der Waals surface area contributed by atoms with E-state index in [0.717, 1.165) is 38.3 Å². The third-order valence-electron chi connectivity index (χ3n) is 5.07. The molecule has 1 aromatic rings. The van der Waals surface area contributed by atoms with Crippen molar-refractivity contribution in [1.29, 1.82) is 0 Å². The van der Waals surface area contributed by atoms with Gasteiger partial charge in [0.2, 0.25) is 5.91 Å². The zero-order valence-electron chi connectivity index (χ0n) is 15.8. The summed E-state index contributed by atoms with van der Waals surface area (Å²) in [6, 6.07) is 8.60. The van der Waals surface area contributed by atoms with Gasteiger partial charge in [-0.3, -0.25) is 9.69 Å². The Balaban J connectivity index is 0.000000380. The number of carboxylic acid groups (broad SMARTS) is 2. The number of piperazine rings is 1. The monoisotopic (exact) mass is 377 g/mol. The molecular formula is C19H27N3O5. The number of hydrogen-bond acceptors (Lipinski definition) is 5. The zero-order chi connectivity index (χ0) is 20.0. The molecule has 0 radical (unpaired) electrons. The first kappa shape index (κ1) is 20.9. The van der Waals surface area contributed by atoms with Gasteiger partial charge < -0.3 is 24.8 Å². The maximum Gasteiger partial charge on any atom is 0.351 e. The highest BCUT2D eigenvalue weighted by atomic mass is 16.4. The summed E-state index contributed by atoms with van der Waals surface area (Å²) in [5.41, 5.74) is 2.42. The molecule has 0 bridgehead atoms. The molecule has 1 unspecified atom stereocenters. The second-order valence-corrected chi connectivity index (χ2v) is 6.92. The highest BCUT2D eigenvalue weighted by molar-refractivity contribution is 6.26. The fourth-order valence-electron chi connectivity index (χ4n) is 3.59. The number of carbonyl (C=O) groups is 3. The molecule has 0 saturated carbocycles. The van der Waals surface area contributed by atoms with Crippen LogP contribution in [0.1, 0.15) is 19.4 Å². The molecular weight excluding hydrogens is 350 g/mol. The molecule has 0 aromatic heterocycles. The molecule has 1 fully saturated rings. The Hall–Kier alpha value is -2.45. The van der Waals surface area contributed by atoms with E-state index in [1.165, 1.54) is 12.1 Å². The van der Waals surface area contributed by atoms with Crippen LogP contribution < -0.4 is 14.9 Å². The fourth-order valence-corrected chi connectivity index (χ4v) is 3.59. The van der Waals surface area contributed by atoms with E-state index in [2.05, 4.69) is 36.9 Å². The first-order valence-electron chi connectivity index (χ1n) is 9.23. The molecule has 27 heavy (non-hydrogen) atoms. The van der Waals surface area contributed by atoms with Crippen LogP contribution in [0.3, 0.4) is 0 Å². The number of fused-ring (bicyclic) bond motifs is 1. The fraction of sp³-hybridized carbons (Fsp3) is 0.526. The molecule has 1 atom stereocenters. The predicted molar refractivity (Wildman–Crippen MR) is 97.4 cm³/mol. The molecule has 2 aliphatic heterocycles. The van der Waals surface area contributed by atoms with Crippen LogP contribution in [0, 0.1) is 0 Å². The van der Waals surface area contributed by atoms with Crippen molar-refractivity contribution >= 4 is 23.5 Å². The average molecular weight is 377 g/mol. The molecule has 0 aliphatic carbocycles. The topological polar surface area (TPSA) is 105 Å². The first-order valence-corrected chi connectivity index (χ1v) is 9.23. The predicted octanol–water partition coefficient (Wildman–Crippen LogP) is -1.99. The van der Waals surface area contributed by atoms with E-state index in [0.29, 0.717) is 6.54 Å². The number of para-hydroxylation sites is 1. The van der Waals surface area contributed by atoms with E-state index >= 15 is 0 Å². The second-order valence-electron chi connectivity index (χ2n) is 6.92. The van der Waals surface area contributed by atoms with Crippen LogP contribution in [0.2, 0.25) is 0 Å². The lowest BCUT2D eigenvalue weighted by Gasteiger charge is -2.33. The number of aliphatic carboxylic acids is 2. The number of amides is 1. The first-order chi connectivity index (χ1) is 12.8. The molecule has 148 valence electrons. The summed E-state index contributed by atoms with van der Waals surface area (Å²) >= 11 is 0. The smallest absolute Gasteiger partial charge is 0.351 e. The summed E-state index contributed by atoms with van der Waals surface area (Å²) in [5, 5.41) is 16.3. The van der Waals surface area contributed by atoms with Gasteiger partial charge in [-0.2, -0.15) is 0 Å². The molecule has 1 saturated heterocycles. The van der Waals surface area contributed by atoms with Gasteiger partial charge >= 0.3 is 5.97 Å². The lowest BCUT2D eigenvalue weighted by molar-refractivity contribution is -0.902. The quantitative estimate of drug-likeness (QED) is 0.591. The van der Waals surface area contributed by atoms with Crippen LogP contribution in [0.15, 0.2) is 24.3 Å². The highest BCUT2D eigenvalue weighted by Crippen LogP contribution is 2.31. The number of nitrogens with zero attached hydrogens (tertiary/aromatic N) is 2. The largest absolute Gasteiger partial charge is 0.539 e. The van der Waals surface area contributed by atoms with Gasteiger partial charge in [-0.25, -0.2) is 4.79 Å². The minimum absolute atomic E-state index is 0.257. The Kier molecular flexibility index (Phi) is 7.32. The number of anilines is 1. The van der Waals surface area contributed by atoms with Crippen molar-refractivity contribution < 1.29 is 29.5 Å². The molecule has 0 spiro atoms. The van der Waals surface area contributed by atoms with Gasteiger partial charge in [-0.1, -0.05) is 18.2 Å². The molecule has 8 nitrogen and oxygen atoms in total. The van der Waals surface area contributed by atoms with E-state index in [1.807, 2.05) is 11.0 Å². The molecule has 3 rings (SSSR count). The summed E-state index contributed by atoms with van der Waals surface area (Å²) in [7, 11) is 0. The van der Waals surface area contributed by atoms with Gasteiger partial charge in [0.15, 0.2) is 5.97 Å². The van der Waals surface area contributed by atoms with Crippen LogP contribution in [-0.4, -0.2) is 73.2 Å². The number of nitrogens with one attached hydrogen (secondary N) is 1. The van der Waals surface area contributed by atoms with Crippen molar-refractivity contribution in [1.82, 2.24) is 4.90 Å². The summed E-state index contributed by atoms with van der Waals surface area (Å²) < 4.78 is 0. The standard InChI is InChI=1S/C17H25N3O.C2H2O4/c1-3-18-8-10-19(11-9-18)13-17(21)20-14(2)12-15-6-4-5-7-16(15)20;3-1(4)2(5)6/h4-7,14H,3,8-13H2,1-2H3;(H,3,4)(H,5,6). The normalized spacial score (nSPS) is 19.8. The third kappa shape index (κ3) is 5.51. The van der Waals surface area contributed by atoms with Crippen molar-refractivity contribution in [3.63, 3.8) is 0 Å². The maximum atomic E-state index is 12.7. The Morgan fingerprint density at radius 3 is 2.37 bits per heavy atom. The molecule has 1 amide bonds. The number of quaternary nitrogens is 1. The minimum atomic E-state index is -2.07. The van der Waals surface area contributed by atoms with Crippen molar-refractivity contribution in [2.24, 2.45) is 0 Å². The Labute approximate surface area is 159 Å². The van der Waals surface area contributed by atoms with Crippen LogP contribution >= 0.6 is 0 Å². The highest BCUT2D eigenvalue weighted by Gasteiger charge is 2.32. The molecule has 8 heteroatoms. The molecule has 1 aromatic carbocycles. The van der Waals surface area contributed by atoms with E-state index < -0.39 is 11.9 Å². The molecule has 2 heterocycles. The summed E-state index contributed by atoms with van der Waals surface area (Å²) in [6.45, 7) is 10.5. The number of hydrogen-bond donors (Lipinski definition) is 2. The summed E-state index contributed by atoms with van der Waals surface area (Å²) in [4.78, 5) is 36.7. The Morgan fingerprint density at radius 1 is 1.22 bits per heavy atom. The number of likely N-dealkylation sites (N-methyl/N-ethyl adjacent to an activating group) is 1. The number of carboxylic acids is 2. The van der Waals surface area contributed by atoms with Crippen molar-refractivity contribution in [3.8, 4) is 0 Å². The lowest BCUT2D eigenvalue weighted by atomic mass is 10.1. The van der Waals surface area contributed by atoms with Crippen LogP contribution in [0.5, 0.6) is 0 Å². The van der Waals surface area contributed by atoms with E-state index in [-0.39, 0.29) is 11.9 Å². The summed E-state index contributed by atoms with van der Waals surface area (Å²) in [6.07, 6.45) is 0.982. The van der Waals surface area contributed by atoms with Crippen LogP contribution in [-0.2, 0) is 20.8 Å². The molecule has 2 aliphatic rings. The van der Waals surface area contributed by atoms with Crippen molar-refractivity contribution in [2.45, 2.75) is 26.3 Å². The second kappa shape index (κ2) is 9.48. The average Bonchev–Trinajstić information content (AvgIpc) is 2.98. The van der Waals surface area contributed by atoms with Gasteiger partial charge in [0.1, 0.15) is 0 Å².